The summed E-state index contributed by atoms with van der Waals surface area (Å²) in [6.45, 7) is 0. The second-order valence-electron chi connectivity index (χ2n) is 6.99. The Hall–Kier alpha value is -4.19. The van der Waals surface area contributed by atoms with Crippen molar-refractivity contribution in [3.8, 4) is 0 Å². The number of carbonyl (C=O) groups excluding carboxylic acids is 1. The van der Waals surface area contributed by atoms with Crippen LogP contribution in [0.5, 0.6) is 0 Å². The lowest BCUT2D eigenvalue weighted by Gasteiger charge is -1.90. The Kier molecular flexibility index (Phi) is 4.37. The molecule has 146 valence electrons. The molecular formula is C24H18N4O2. The number of carbonyl (C=O) groups is 1. The third kappa shape index (κ3) is 3.71. The van der Waals surface area contributed by atoms with Crippen LogP contribution in [0.25, 0.3) is 52.4 Å². The molecule has 0 aromatic carbocycles. The monoisotopic (exact) mass is 394 g/mol. The molecule has 5 heterocycles. The van der Waals surface area contributed by atoms with Gasteiger partial charge in [-0.15, -0.1) is 0 Å². The van der Waals surface area contributed by atoms with E-state index in [4.69, 9.17) is 4.74 Å². The molecule has 0 radical (unpaired) electrons. The van der Waals surface area contributed by atoms with Gasteiger partial charge >= 0.3 is 5.97 Å². The maximum atomic E-state index is 11.6. The van der Waals surface area contributed by atoms with E-state index in [1.165, 1.54) is 13.2 Å². The summed E-state index contributed by atoms with van der Waals surface area (Å²) in [5.74, 6) is -0.402. The topological polar surface area (TPSA) is 83.7 Å². The fourth-order valence-corrected chi connectivity index (χ4v) is 3.40. The van der Waals surface area contributed by atoms with Crippen LogP contribution in [0.3, 0.4) is 0 Å². The second-order valence-corrected chi connectivity index (χ2v) is 6.99. The molecule has 0 atom stereocenters. The zero-order valence-electron chi connectivity index (χ0n) is 16.2. The van der Waals surface area contributed by atoms with Gasteiger partial charge in [-0.2, -0.15) is 0 Å². The molecular weight excluding hydrogens is 376 g/mol. The minimum Gasteiger partial charge on any atom is -0.466 e. The normalized spacial score (nSPS) is 12.6. The van der Waals surface area contributed by atoms with Crippen molar-refractivity contribution in [2.45, 2.75) is 0 Å². The molecule has 0 spiro atoms. The molecule has 0 unspecified atom stereocenters. The number of fused-ring (bicyclic) bond motifs is 8. The van der Waals surface area contributed by atoms with Crippen LogP contribution in [0.2, 0.25) is 0 Å². The summed E-state index contributed by atoms with van der Waals surface area (Å²) < 4.78 is 4.71. The Balaban J connectivity index is 1.78. The van der Waals surface area contributed by atoms with Gasteiger partial charge in [0.2, 0.25) is 0 Å². The number of esters is 1. The minimum absolute atomic E-state index is 0.402. The second kappa shape index (κ2) is 7.33. The number of methoxy groups -OCH3 is 1. The Morgan fingerprint density at radius 2 is 1.43 bits per heavy atom. The summed E-state index contributed by atoms with van der Waals surface area (Å²) in [6, 6.07) is 13.9. The molecule has 0 aliphatic carbocycles. The first-order valence-electron chi connectivity index (χ1n) is 9.49. The van der Waals surface area contributed by atoms with Gasteiger partial charge in [0.05, 0.1) is 29.9 Å². The molecule has 6 heteroatoms. The van der Waals surface area contributed by atoms with Gasteiger partial charge in [-0.25, -0.2) is 14.8 Å². The summed E-state index contributed by atoms with van der Waals surface area (Å²) in [4.78, 5) is 27.6. The predicted octanol–water partition coefficient (Wildman–Crippen LogP) is 4.84. The maximum Gasteiger partial charge on any atom is 0.330 e. The van der Waals surface area contributed by atoms with Gasteiger partial charge in [0, 0.05) is 33.7 Å². The van der Waals surface area contributed by atoms with E-state index in [-0.39, 0.29) is 0 Å². The Morgan fingerprint density at radius 1 is 0.800 bits per heavy atom. The molecule has 3 aromatic heterocycles. The molecule has 30 heavy (non-hydrogen) atoms. The lowest BCUT2D eigenvalue weighted by molar-refractivity contribution is -0.134. The minimum atomic E-state index is -0.402. The van der Waals surface area contributed by atoms with Crippen LogP contribution in [0.4, 0.5) is 0 Å². The SMILES string of the molecule is COC(=O)C=Cc1cc2cc3ccc(cc4nc(cc5nc(cc1[nH]2)C=C5)C=C4)[nH]3. The quantitative estimate of drug-likeness (QED) is 0.331. The van der Waals surface area contributed by atoms with Crippen molar-refractivity contribution in [1.29, 1.82) is 0 Å². The summed E-state index contributed by atoms with van der Waals surface area (Å²) >= 11 is 0. The average Bonchev–Trinajstić information content (AvgIpc) is 3.51. The summed E-state index contributed by atoms with van der Waals surface area (Å²) in [5, 5.41) is 0. The van der Waals surface area contributed by atoms with Crippen molar-refractivity contribution in [2.24, 2.45) is 0 Å². The molecule has 0 fully saturated rings. The van der Waals surface area contributed by atoms with Crippen molar-refractivity contribution < 1.29 is 9.53 Å². The van der Waals surface area contributed by atoms with E-state index in [1.807, 2.05) is 66.8 Å². The molecule has 8 bridgehead atoms. The van der Waals surface area contributed by atoms with Crippen molar-refractivity contribution in [1.82, 2.24) is 19.9 Å². The number of aromatic nitrogens is 4. The molecule has 2 aliphatic rings. The highest BCUT2D eigenvalue weighted by atomic mass is 16.5. The highest BCUT2D eigenvalue weighted by Gasteiger charge is 2.04. The molecule has 0 amide bonds. The number of aromatic amines is 2. The third-order valence-electron chi connectivity index (χ3n) is 4.80. The largest absolute Gasteiger partial charge is 0.466 e. The van der Waals surface area contributed by atoms with Crippen molar-refractivity contribution in [3.63, 3.8) is 0 Å². The fraction of sp³-hybridized carbons (Fsp3) is 0.0417. The zero-order chi connectivity index (χ0) is 20.5. The van der Waals surface area contributed by atoms with E-state index in [0.29, 0.717) is 0 Å². The highest BCUT2D eigenvalue weighted by Crippen LogP contribution is 2.20. The first kappa shape index (κ1) is 17.9. The first-order chi connectivity index (χ1) is 14.6. The van der Waals surface area contributed by atoms with E-state index in [9.17, 15) is 4.79 Å². The van der Waals surface area contributed by atoms with Crippen molar-refractivity contribution in [2.75, 3.05) is 7.11 Å². The summed E-state index contributed by atoms with van der Waals surface area (Å²) in [7, 11) is 1.36. The third-order valence-corrected chi connectivity index (χ3v) is 4.80. The van der Waals surface area contributed by atoms with Crippen LogP contribution in [-0.4, -0.2) is 33.0 Å². The molecule has 5 rings (SSSR count). The average molecular weight is 394 g/mol. The van der Waals surface area contributed by atoms with Gasteiger partial charge in [0.25, 0.3) is 0 Å². The van der Waals surface area contributed by atoms with Gasteiger partial charge in [-0.3, -0.25) is 0 Å². The van der Waals surface area contributed by atoms with Crippen LogP contribution in [0.15, 0.2) is 48.5 Å². The molecule has 0 saturated heterocycles. The van der Waals surface area contributed by atoms with E-state index in [0.717, 1.165) is 50.4 Å². The predicted molar refractivity (Wildman–Crippen MR) is 120 cm³/mol. The lowest BCUT2D eigenvalue weighted by Crippen LogP contribution is -1.92. The molecule has 6 nitrogen and oxygen atoms in total. The number of nitrogens with one attached hydrogen (secondary N) is 2. The Labute approximate surface area is 172 Å². The molecule has 3 aromatic rings. The van der Waals surface area contributed by atoms with Crippen LogP contribution in [-0.2, 0) is 9.53 Å². The van der Waals surface area contributed by atoms with E-state index in [2.05, 4.69) is 19.9 Å². The number of rotatable bonds is 2. The number of nitrogens with zero attached hydrogens (tertiary/aromatic N) is 2. The van der Waals surface area contributed by atoms with Gasteiger partial charge in [0.15, 0.2) is 0 Å². The van der Waals surface area contributed by atoms with Crippen LogP contribution >= 0.6 is 0 Å². The van der Waals surface area contributed by atoms with E-state index >= 15 is 0 Å². The summed E-state index contributed by atoms with van der Waals surface area (Å²) in [5.41, 5.74) is 7.94. The number of hydrogen-bond acceptors (Lipinski definition) is 4. The summed E-state index contributed by atoms with van der Waals surface area (Å²) in [6.07, 6.45) is 11.0. The fourth-order valence-electron chi connectivity index (χ4n) is 3.40. The first-order valence-corrected chi connectivity index (χ1v) is 9.49. The number of H-pyrrole nitrogens is 2. The smallest absolute Gasteiger partial charge is 0.330 e. The van der Waals surface area contributed by atoms with Crippen molar-refractivity contribution in [3.05, 3.63) is 76.9 Å². The van der Waals surface area contributed by atoms with Crippen LogP contribution in [0, 0.1) is 0 Å². The Bertz CT molecular complexity index is 1400. The van der Waals surface area contributed by atoms with Gasteiger partial charge in [0.1, 0.15) is 0 Å². The van der Waals surface area contributed by atoms with Crippen LogP contribution < -0.4 is 0 Å². The van der Waals surface area contributed by atoms with Crippen molar-refractivity contribution >= 4 is 58.4 Å². The zero-order valence-corrected chi connectivity index (χ0v) is 16.2. The van der Waals surface area contributed by atoms with Gasteiger partial charge in [-0.05, 0) is 72.8 Å². The van der Waals surface area contributed by atoms with E-state index in [1.54, 1.807) is 6.08 Å². The standard InChI is InChI=1S/C24H18N4O2/c1-30-24(29)9-2-15-10-22-13-20-6-5-18(26-20)11-16-3-4-17(25-16)12-19-7-8-21(27-19)14-23(15)28-22/h2-14,26,28H,1H3. The molecule has 2 aliphatic heterocycles. The highest BCUT2D eigenvalue weighted by molar-refractivity contribution is 5.90. The number of hydrogen-bond donors (Lipinski definition) is 2. The van der Waals surface area contributed by atoms with E-state index < -0.39 is 5.97 Å². The van der Waals surface area contributed by atoms with Crippen LogP contribution in [0.1, 0.15) is 28.3 Å². The number of ether oxygens (including phenoxy) is 1. The lowest BCUT2D eigenvalue weighted by atomic mass is 10.2. The van der Waals surface area contributed by atoms with Gasteiger partial charge in [-0.1, -0.05) is 0 Å². The maximum absolute atomic E-state index is 11.6. The molecule has 2 N–H and O–H groups in total. The molecule has 0 saturated carbocycles. The Morgan fingerprint density at radius 3 is 2.13 bits per heavy atom. The van der Waals surface area contributed by atoms with Gasteiger partial charge < -0.3 is 14.7 Å².